The van der Waals surface area contributed by atoms with Gasteiger partial charge < -0.3 is 9.64 Å². The molecular formula is C34H26ClN5O5S. The summed E-state index contributed by atoms with van der Waals surface area (Å²) in [6, 6.07) is 17.4. The van der Waals surface area contributed by atoms with Crippen molar-refractivity contribution in [1.82, 2.24) is 15.0 Å². The van der Waals surface area contributed by atoms with E-state index in [1.165, 1.54) is 38.6 Å². The number of fused-ring (bicyclic) bond motifs is 2. The zero-order chi connectivity index (χ0) is 32.4. The first-order valence-corrected chi connectivity index (χ1v) is 15.9. The molecule has 0 aliphatic carbocycles. The summed E-state index contributed by atoms with van der Waals surface area (Å²) in [5.74, 6) is 0.241. The van der Waals surface area contributed by atoms with Gasteiger partial charge in [0.05, 0.1) is 17.5 Å². The van der Waals surface area contributed by atoms with Gasteiger partial charge >= 0.3 is 0 Å². The topological polar surface area (TPSA) is 131 Å². The Morgan fingerprint density at radius 3 is 2.54 bits per heavy atom. The van der Waals surface area contributed by atoms with Gasteiger partial charge in [0.15, 0.2) is 11.6 Å². The summed E-state index contributed by atoms with van der Waals surface area (Å²) in [5, 5.41) is 2.15. The molecule has 230 valence electrons. The number of benzene rings is 3. The molecule has 0 amide bonds. The Balaban J connectivity index is 1.34. The van der Waals surface area contributed by atoms with Gasteiger partial charge in [-0.2, -0.15) is 0 Å². The molecule has 3 aromatic carbocycles. The van der Waals surface area contributed by atoms with Crippen molar-refractivity contribution in [2.24, 2.45) is 0 Å². The highest BCUT2D eigenvalue weighted by Gasteiger charge is 2.22. The highest BCUT2D eigenvalue weighted by molar-refractivity contribution is 7.93. The number of pyridine rings is 1. The molecule has 0 fully saturated rings. The fourth-order valence-electron chi connectivity index (χ4n) is 5.11. The lowest BCUT2D eigenvalue weighted by Gasteiger charge is -2.22. The van der Waals surface area contributed by atoms with Crippen molar-refractivity contribution >= 4 is 66.4 Å². The monoisotopic (exact) mass is 651 g/mol. The quantitative estimate of drug-likeness (QED) is 0.183. The number of hydrogen-bond donors (Lipinski definition) is 1. The van der Waals surface area contributed by atoms with Crippen LogP contribution in [0, 0.1) is 0 Å². The van der Waals surface area contributed by atoms with E-state index in [1.54, 1.807) is 60.9 Å². The molecule has 0 radical (unpaired) electrons. The molecule has 0 saturated carbocycles. The molecule has 6 rings (SSSR count). The number of carbonyl (C=O) groups excluding carboxylic acids is 2. The lowest BCUT2D eigenvalue weighted by molar-refractivity contribution is -0.114. The Kier molecular flexibility index (Phi) is 8.35. The van der Waals surface area contributed by atoms with Gasteiger partial charge in [-0.05, 0) is 66.4 Å². The third kappa shape index (κ3) is 6.10. The summed E-state index contributed by atoms with van der Waals surface area (Å²) in [6.07, 6.45) is 10.7. The number of nitrogens with zero attached hydrogens (tertiary/aromatic N) is 4. The van der Waals surface area contributed by atoms with Crippen LogP contribution in [0.15, 0.2) is 114 Å². The van der Waals surface area contributed by atoms with Gasteiger partial charge in [-0.15, -0.1) is 0 Å². The van der Waals surface area contributed by atoms with E-state index in [0.717, 1.165) is 10.9 Å². The molecule has 3 heterocycles. The minimum absolute atomic E-state index is 0.0268. The van der Waals surface area contributed by atoms with Gasteiger partial charge in [0.1, 0.15) is 17.8 Å². The van der Waals surface area contributed by atoms with Gasteiger partial charge in [0, 0.05) is 45.9 Å². The standard InChI is InChI=1S/C34H26ClN5O5S/c1-21(41)9-12-30(42)22-13-15-40(16-14-22)33-26-17-24(10-11-28(26)37-20-38-33)25-18-29(34(45-2)36-19-25)39-46(43,44)31-8-4-6-23-5-3-7-27(35)32(23)31/h3-15,17-20,39H,16H2,1-2H3/b12-9+. The predicted octanol–water partition coefficient (Wildman–Crippen LogP) is 6.28. The second-order valence-corrected chi connectivity index (χ2v) is 12.4. The number of methoxy groups -OCH3 is 1. The van der Waals surface area contributed by atoms with E-state index < -0.39 is 10.0 Å². The molecule has 1 aliphatic rings. The minimum atomic E-state index is -4.11. The largest absolute Gasteiger partial charge is 0.480 e. The van der Waals surface area contributed by atoms with Crippen molar-refractivity contribution in [3.8, 4) is 17.0 Å². The van der Waals surface area contributed by atoms with E-state index in [4.69, 9.17) is 16.3 Å². The zero-order valence-electron chi connectivity index (χ0n) is 24.6. The molecule has 0 atom stereocenters. The zero-order valence-corrected chi connectivity index (χ0v) is 26.2. The lowest BCUT2D eigenvalue weighted by atomic mass is 10.0. The Hall–Kier alpha value is -5.39. The molecule has 0 unspecified atom stereocenters. The van der Waals surface area contributed by atoms with Crippen LogP contribution in [0.2, 0.25) is 5.02 Å². The molecule has 1 aliphatic heterocycles. The number of anilines is 2. The summed E-state index contributed by atoms with van der Waals surface area (Å²) in [6.45, 7) is 1.75. The van der Waals surface area contributed by atoms with Crippen LogP contribution in [0.1, 0.15) is 6.92 Å². The summed E-state index contributed by atoms with van der Waals surface area (Å²) >= 11 is 6.42. The summed E-state index contributed by atoms with van der Waals surface area (Å²) < 4.78 is 35.4. The second-order valence-electron chi connectivity index (χ2n) is 10.3. The van der Waals surface area contributed by atoms with Crippen LogP contribution in [0.4, 0.5) is 11.5 Å². The maximum Gasteiger partial charge on any atom is 0.262 e. The average Bonchev–Trinajstić information content (AvgIpc) is 3.06. The van der Waals surface area contributed by atoms with Crippen LogP contribution < -0.4 is 14.4 Å². The van der Waals surface area contributed by atoms with Crippen LogP contribution in [0.3, 0.4) is 0 Å². The van der Waals surface area contributed by atoms with Gasteiger partial charge in [-0.3, -0.25) is 14.3 Å². The second kappa shape index (κ2) is 12.5. The number of halogens is 1. The number of ketones is 2. The third-order valence-electron chi connectivity index (χ3n) is 7.31. The van der Waals surface area contributed by atoms with Crippen molar-refractivity contribution in [2.45, 2.75) is 11.8 Å². The molecule has 46 heavy (non-hydrogen) atoms. The number of allylic oxidation sites excluding steroid dienone is 4. The number of nitrogens with one attached hydrogen (secondary N) is 1. The highest BCUT2D eigenvalue weighted by atomic mass is 35.5. The van der Waals surface area contributed by atoms with Gasteiger partial charge in [-0.1, -0.05) is 48.0 Å². The SMILES string of the molecule is COc1ncc(-c2ccc3ncnc(N4C=CC(C(=O)/C=C/C(C)=O)=CC4)c3c2)cc1NS(=O)(=O)c1cccc2cccc(Cl)c12. The first-order valence-electron chi connectivity index (χ1n) is 14.0. The van der Waals surface area contributed by atoms with Crippen molar-refractivity contribution in [1.29, 1.82) is 0 Å². The lowest BCUT2D eigenvalue weighted by Crippen LogP contribution is -2.21. The number of carbonyl (C=O) groups is 2. The van der Waals surface area contributed by atoms with Crippen molar-refractivity contribution in [3.05, 3.63) is 114 Å². The molecule has 0 spiro atoms. The fourth-order valence-corrected chi connectivity index (χ4v) is 6.75. The van der Waals surface area contributed by atoms with E-state index in [2.05, 4.69) is 19.7 Å². The van der Waals surface area contributed by atoms with Crippen molar-refractivity contribution < 1.29 is 22.7 Å². The summed E-state index contributed by atoms with van der Waals surface area (Å²) in [7, 11) is -2.70. The number of sulfonamides is 1. The Labute approximate surface area is 269 Å². The van der Waals surface area contributed by atoms with Gasteiger partial charge in [-0.25, -0.2) is 23.4 Å². The molecule has 5 aromatic rings. The molecule has 12 heteroatoms. The summed E-state index contributed by atoms with van der Waals surface area (Å²) in [4.78, 5) is 38.8. The Morgan fingerprint density at radius 2 is 1.80 bits per heavy atom. The first-order chi connectivity index (χ1) is 22.1. The highest BCUT2D eigenvalue weighted by Crippen LogP contribution is 2.35. The minimum Gasteiger partial charge on any atom is -0.480 e. The number of aromatic nitrogens is 3. The van der Waals surface area contributed by atoms with Gasteiger partial charge in [0.2, 0.25) is 5.88 Å². The van der Waals surface area contributed by atoms with E-state index in [1.807, 2.05) is 23.1 Å². The maximum absolute atomic E-state index is 13.7. The maximum atomic E-state index is 13.7. The van der Waals surface area contributed by atoms with Crippen molar-refractivity contribution in [3.63, 3.8) is 0 Å². The summed E-state index contributed by atoms with van der Waals surface area (Å²) in [5.41, 5.74) is 2.65. The normalized spacial score (nSPS) is 13.3. The van der Waals surface area contributed by atoms with Crippen LogP contribution in [-0.4, -0.2) is 48.6 Å². The average molecular weight is 652 g/mol. The van der Waals surface area contributed by atoms with E-state index in [0.29, 0.717) is 44.8 Å². The van der Waals surface area contributed by atoms with Crippen LogP contribution in [0.5, 0.6) is 5.88 Å². The number of rotatable bonds is 9. The first kappa shape index (κ1) is 30.6. The number of ether oxygens (including phenoxy) is 1. The fraction of sp³-hybridized carbons (Fsp3) is 0.0882. The van der Waals surface area contributed by atoms with E-state index in [-0.39, 0.29) is 28.0 Å². The Bertz CT molecular complexity index is 2240. The van der Waals surface area contributed by atoms with Crippen LogP contribution in [0.25, 0.3) is 32.8 Å². The molecular weight excluding hydrogens is 626 g/mol. The third-order valence-corrected chi connectivity index (χ3v) is 9.03. The van der Waals surface area contributed by atoms with Crippen LogP contribution in [-0.2, 0) is 19.6 Å². The molecule has 0 bridgehead atoms. The molecule has 1 N–H and O–H groups in total. The van der Waals surface area contributed by atoms with E-state index in [9.17, 15) is 18.0 Å². The van der Waals surface area contributed by atoms with Crippen LogP contribution >= 0.6 is 11.6 Å². The van der Waals surface area contributed by atoms with Crippen molar-refractivity contribution in [2.75, 3.05) is 23.3 Å². The number of hydrogen-bond acceptors (Lipinski definition) is 9. The Morgan fingerprint density at radius 1 is 1.00 bits per heavy atom. The predicted molar refractivity (Wildman–Crippen MR) is 178 cm³/mol. The van der Waals surface area contributed by atoms with E-state index >= 15 is 0 Å². The molecule has 2 aromatic heterocycles. The molecule has 10 nitrogen and oxygen atoms in total. The van der Waals surface area contributed by atoms with Gasteiger partial charge in [0.25, 0.3) is 10.0 Å². The smallest absolute Gasteiger partial charge is 0.262 e. The molecule has 0 saturated heterocycles.